The maximum absolute atomic E-state index is 11.7. The average molecular weight is 243 g/mol. The van der Waals surface area contributed by atoms with Crippen molar-refractivity contribution in [2.75, 3.05) is 11.5 Å². The van der Waals surface area contributed by atoms with E-state index in [0.29, 0.717) is 12.8 Å². The molecule has 1 saturated heterocycles. The number of carbonyl (C=O) groups excluding carboxylic acids is 2. The molecule has 2 atom stereocenters. The molecule has 1 heterocycles. The highest BCUT2D eigenvalue weighted by Crippen LogP contribution is 2.32. The lowest BCUT2D eigenvalue weighted by atomic mass is 10.0. The highest BCUT2D eigenvalue weighted by Gasteiger charge is 2.42. The Morgan fingerprint density at radius 2 is 1.88 bits per heavy atom. The molecule has 2 unspecified atom stereocenters. The van der Waals surface area contributed by atoms with Gasteiger partial charge in [0.1, 0.15) is 0 Å². The molecule has 5 nitrogen and oxygen atoms in total. The number of thioether (sulfide) groups is 1. The Bertz CT molecular complexity index is 328. The maximum atomic E-state index is 11.7. The van der Waals surface area contributed by atoms with E-state index in [0.717, 1.165) is 6.42 Å². The van der Waals surface area contributed by atoms with Crippen LogP contribution in [0.25, 0.3) is 0 Å². The largest absolute Gasteiger partial charge is 0.481 e. The summed E-state index contributed by atoms with van der Waals surface area (Å²) in [5, 5.41) is 9.03. The second-order valence-corrected chi connectivity index (χ2v) is 5.08. The van der Waals surface area contributed by atoms with E-state index in [1.54, 1.807) is 0 Å². The lowest BCUT2D eigenvalue weighted by Gasteiger charge is -2.32. The van der Waals surface area contributed by atoms with E-state index in [4.69, 9.17) is 5.11 Å². The third-order valence-electron chi connectivity index (χ3n) is 3.12. The predicted octanol–water partition coefficient (Wildman–Crippen LogP) is 0.342. The van der Waals surface area contributed by atoms with E-state index in [1.807, 2.05) is 0 Å². The summed E-state index contributed by atoms with van der Waals surface area (Å²) in [6.45, 7) is 0. The van der Waals surface area contributed by atoms with Crippen LogP contribution in [-0.2, 0) is 14.4 Å². The van der Waals surface area contributed by atoms with E-state index in [9.17, 15) is 14.4 Å². The number of carboxylic acids is 1. The Hall–Kier alpha value is -1.04. The molecule has 1 N–H and O–H groups in total. The van der Waals surface area contributed by atoms with Gasteiger partial charge >= 0.3 is 5.97 Å². The number of hydrogen-bond donors (Lipinski definition) is 1. The molecular formula is C10H13NO4S. The summed E-state index contributed by atoms with van der Waals surface area (Å²) in [5.41, 5.74) is 0. The Morgan fingerprint density at radius 3 is 2.44 bits per heavy atom. The maximum Gasteiger partial charge on any atom is 0.308 e. The first-order valence-electron chi connectivity index (χ1n) is 5.26. The van der Waals surface area contributed by atoms with E-state index < -0.39 is 17.9 Å². The average Bonchev–Trinajstić information content (AvgIpc) is 2.66. The topological polar surface area (TPSA) is 74.7 Å². The first kappa shape index (κ1) is 11.4. The summed E-state index contributed by atoms with van der Waals surface area (Å²) in [6, 6.07) is -0.418. The zero-order chi connectivity index (χ0) is 11.7. The van der Waals surface area contributed by atoms with Crippen molar-refractivity contribution in [3.05, 3.63) is 0 Å². The zero-order valence-electron chi connectivity index (χ0n) is 8.72. The molecule has 0 radical (unpaired) electrons. The van der Waals surface area contributed by atoms with E-state index in [1.165, 1.54) is 16.7 Å². The Balaban J connectivity index is 2.18. The minimum Gasteiger partial charge on any atom is -0.481 e. The van der Waals surface area contributed by atoms with Gasteiger partial charge < -0.3 is 5.11 Å². The fourth-order valence-corrected chi connectivity index (χ4v) is 3.14. The van der Waals surface area contributed by atoms with Crippen molar-refractivity contribution < 1.29 is 19.5 Å². The normalized spacial score (nSPS) is 30.9. The van der Waals surface area contributed by atoms with Crippen LogP contribution in [0.2, 0.25) is 0 Å². The Kier molecular flexibility index (Phi) is 3.18. The quantitative estimate of drug-likeness (QED) is 0.708. The lowest BCUT2D eigenvalue weighted by molar-refractivity contribution is -0.150. The van der Waals surface area contributed by atoms with Gasteiger partial charge in [-0.3, -0.25) is 19.3 Å². The number of aliphatic carboxylic acids is 1. The van der Waals surface area contributed by atoms with Crippen molar-refractivity contribution in [2.24, 2.45) is 5.92 Å². The standard InChI is InChI=1S/C10H13NO4S/c12-8-4-16-5-9(13)11(8)7-3-1-2-6(7)10(14)15/h6-7H,1-5H2,(H,14,15). The minimum atomic E-state index is -0.902. The van der Waals surface area contributed by atoms with E-state index in [-0.39, 0.29) is 23.3 Å². The van der Waals surface area contributed by atoms with Crippen LogP contribution in [-0.4, -0.2) is 45.3 Å². The molecule has 2 amide bonds. The van der Waals surface area contributed by atoms with Crippen LogP contribution < -0.4 is 0 Å². The van der Waals surface area contributed by atoms with Gasteiger partial charge in [0.05, 0.1) is 23.5 Å². The molecule has 2 rings (SSSR count). The molecule has 0 aromatic rings. The minimum absolute atomic E-state index is 0.237. The van der Waals surface area contributed by atoms with Crippen LogP contribution in [0.5, 0.6) is 0 Å². The van der Waals surface area contributed by atoms with Gasteiger partial charge in [-0.25, -0.2) is 0 Å². The van der Waals surface area contributed by atoms with Gasteiger partial charge in [0.25, 0.3) is 0 Å². The monoisotopic (exact) mass is 243 g/mol. The first-order chi connectivity index (χ1) is 7.61. The molecule has 0 spiro atoms. The third-order valence-corrected chi connectivity index (χ3v) is 4.02. The molecule has 0 bridgehead atoms. The molecule has 0 aromatic heterocycles. The predicted molar refractivity (Wildman–Crippen MR) is 57.9 cm³/mol. The number of imide groups is 1. The number of hydrogen-bond acceptors (Lipinski definition) is 4. The van der Waals surface area contributed by atoms with Crippen molar-refractivity contribution in [3.8, 4) is 0 Å². The van der Waals surface area contributed by atoms with E-state index in [2.05, 4.69) is 0 Å². The van der Waals surface area contributed by atoms with Crippen LogP contribution in [0.4, 0.5) is 0 Å². The van der Waals surface area contributed by atoms with Crippen molar-refractivity contribution in [2.45, 2.75) is 25.3 Å². The molecule has 1 aliphatic heterocycles. The third kappa shape index (κ3) is 1.93. The zero-order valence-corrected chi connectivity index (χ0v) is 9.53. The summed E-state index contributed by atoms with van der Waals surface area (Å²) >= 11 is 1.30. The summed E-state index contributed by atoms with van der Waals surface area (Å²) in [7, 11) is 0. The number of nitrogens with zero attached hydrogens (tertiary/aromatic N) is 1. The summed E-state index contributed by atoms with van der Waals surface area (Å²) < 4.78 is 0. The fourth-order valence-electron chi connectivity index (χ4n) is 2.41. The molecule has 2 aliphatic rings. The molecular weight excluding hydrogens is 230 g/mol. The Labute approximate surface area is 97.2 Å². The molecule has 1 saturated carbocycles. The SMILES string of the molecule is O=C(O)C1CCCC1N1C(=O)CSCC1=O. The smallest absolute Gasteiger partial charge is 0.308 e. The fraction of sp³-hybridized carbons (Fsp3) is 0.700. The van der Waals surface area contributed by atoms with Gasteiger partial charge in [-0.15, -0.1) is 11.8 Å². The number of carboxylic acid groups (broad SMARTS) is 1. The van der Waals surface area contributed by atoms with Crippen LogP contribution in [0, 0.1) is 5.92 Å². The molecule has 16 heavy (non-hydrogen) atoms. The van der Waals surface area contributed by atoms with Crippen molar-refractivity contribution in [3.63, 3.8) is 0 Å². The van der Waals surface area contributed by atoms with Gasteiger partial charge in [-0.2, -0.15) is 0 Å². The lowest BCUT2D eigenvalue weighted by Crippen LogP contribution is -2.51. The second kappa shape index (κ2) is 4.45. The van der Waals surface area contributed by atoms with E-state index >= 15 is 0 Å². The number of carbonyl (C=O) groups is 3. The van der Waals surface area contributed by atoms with Crippen LogP contribution in [0.15, 0.2) is 0 Å². The number of rotatable bonds is 2. The molecule has 88 valence electrons. The van der Waals surface area contributed by atoms with Crippen molar-refractivity contribution >= 4 is 29.5 Å². The summed E-state index contributed by atoms with van der Waals surface area (Å²) in [5.74, 6) is -1.38. The number of amides is 2. The van der Waals surface area contributed by atoms with Gasteiger partial charge in [0.15, 0.2) is 0 Å². The van der Waals surface area contributed by atoms with Gasteiger partial charge in [-0.1, -0.05) is 6.42 Å². The van der Waals surface area contributed by atoms with Gasteiger partial charge in [-0.05, 0) is 12.8 Å². The van der Waals surface area contributed by atoms with Crippen LogP contribution in [0.3, 0.4) is 0 Å². The van der Waals surface area contributed by atoms with Crippen molar-refractivity contribution in [1.82, 2.24) is 4.90 Å². The van der Waals surface area contributed by atoms with Crippen LogP contribution >= 0.6 is 11.8 Å². The summed E-state index contributed by atoms with van der Waals surface area (Å²) in [6.07, 6.45) is 1.95. The van der Waals surface area contributed by atoms with Gasteiger partial charge in [0, 0.05) is 0 Å². The van der Waals surface area contributed by atoms with Crippen molar-refractivity contribution in [1.29, 1.82) is 0 Å². The molecule has 2 fully saturated rings. The Morgan fingerprint density at radius 1 is 1.25 bits per heavy atom. The van der Waals surface area contributed by atoms with Gasteiger partial charge in [0.2, 0.25) is 11.8 Å². The highest BCUT2D eigenvalue weighted by molar-refractivity contribution is 8.00. The molecule has 1 aliphatic carbocycles. The highest BCUT2D eigenvalue weighted by atomic mass is 32.2. The van der Waals surface area contributed by atoms with Crippen LogP contribution in [0.1, 0.15) is 19.3 Å². The molecule has 6 heteroatoms. The first-order valence-corrected chi connectivity index (χ1v) is 6.42. The summed E-state index contributed by atoms with van der Waals surface area (Å²) in [4.78, 5) is 35.5. The second-order valence-electron chi connectivity index (χ2n) is 4.09. The molecule has 0 aromatic carbocycles.